The average Bonchev–Trinajstić information content (AvgIpc) is 3.09. The van der Waals surface area contributed by atoms with Crippen LogP contribution in [0.4, 0.5) is 0 Å². The second kappa shape index (κ2) is 6.99. The molecule has 3 heterocycles. The van der Waals surface area contributed by atoms with E-state index in [0.717, 1.165) is 42.9 Å². The van der Waals surface area contributed by atoms with E-state index in [1.165, 1.54) is 10.5 Å². The lowest BCUT2D eigenvalue weighted by Crippen LogP contribution is -3.10. The van der Waals surface area contributed by atoms with Gasteiger partial charge in [0.25, 0.3) is 0 Å². The summed E-state index contributed by atoms with van der Waals surface area (Å²) in [4.78, 5) is 14.5. The molecule has 1 N–H and O–H groups in total. The van der Waals surface area contributed by atoms with Gasteiger partial charge in [0.2, 0.25) is 12.5 Å². The zero-order chi connectivity index (χ0) is 19.2. The van der Waals surface area contributed by atoms with Gasteiger partial charge in [-0.25, -0.2) is 0 Å². The minimum atomic E-state index is -0.217. The zero-order valence-electron chi connectivity index (χ0n) is 16.7. The number of ether oxygens (including phenoxy) is 4. The van der Waals surface area contributed by atoms with Gasteiger partial charge in [-0.3, -0.25) is 4.79 Å². The van der Waals surface area contributed by atoms with Gasteiger partial charge in [0.15, 0.2) is 11.5 Å². The van der Waals surface area contributed by atoms with Crippen LogP contribution in [0.5, 0.6) is 17.2 Å². The van der Waals surface area contributed by atoms with Gasteiger partial charge < -0.3 is 23.8 Å². The largest absolute Gasteiger partial charge is 0.492 e. The molecule has 148 valence electrons. The fourth-order valence-electron chi connectivity index (χ4n) is 4.77. The van der Waals surface area contributed by atoms with Crippen molar-refractivity contribution >= 4 is 5.78 Å². The van der Waals surface area contributed by atoms with Gasteiger partial charge in [0.05, 0.1) is 38.3 Å². The van der Waals surface area contributed by atoms with Crippen LogP contribution in [0.15, 0.2) is 6.07 Å². The number of rotatable bonds is 4. The van der Waals surface area contributed by atoms with Crippen LogP contribution >= 0.6 is 0 Å². The molecule has 1 unspecified atom stereocenters. The first-order valence-electron chi connectivity index (χ1n) is 9.88. The number of carbonyl (C=O) groups excluding carboxylic acids is 1. The van der Waals surface area contributed by atoms with Gasteiger partial charge in [-0.15, -0.1) is 0 Å². The summed E-state index contributed by atoms with van der Waals surface area (Å²) in [6, 6.07) is 2.15. The smallest absolute Gasteiger partial charge is 0.231 e. The SMILES string of the molecule is COc1c2c(cc3c1[C@H](CC(=O)[C@@H]1CCOC(C)(C)C1)[NH+](C)CC3)OCO2. The highest BCUT2D eigenvalue weighted by Crippen LogP contribution is 2.48. The summed E-state index contributed by atoms with van der Waals surface area (Å²) < 4.78 is 22.8. The lowest BCUT2D eigenvalue weighted by atomic mass is 9.81. The number of likely N-dealkylation sites (N-methyl/N-ethyl adjacent to an activating group) is 1. The number of nitrogens with one attached hydrogen (secondary N) is 1. The molecule has 0 radical (unpaired) electrons. The Morgan fingerprint density at radius 1 is 1.37 bits per heavy atom. The van der Waals surface area contributed by atoms with Gasteiger partial charge in [-0.1, -0.05) is 0 Å². The average molecular weight is 376 g/mol. The third-order valence-electron chi connectivity index (χ3n) is 6.24. The van der Waals surface area contributed by atoms with E-state index in [4.69, 9.17) is 18.9 Å². The van der Waals surface area contributed by atoms with Crippen LogP contribution < -0.4 is 19.1 Å². The highest BCUT2D eigenvalue weighted by atomic mass is 16.7. The number of hydrogen-bond donors (Lipinski definition) is 1. The lowest BCUT2D eigenvalue weighted by molar-refractivity contribution is -0.914. The van der Waals surface area contributed by atoms with Crippen molar-refractivity contribution in [1.29, 1.82) is 0 Å². The standard InChI is InChI=1S/C21H29NO5/c1-21(2)11-14(6-8-27-21)16(23)10-15-18-13(5-7-22(15)3)9-17-19(20(18)24-4)26-12-25-17/h9,14-15H,5-8,10-12H2,1-4H3/p+1/t14-,15+/m1/s1. The molecule has 1 fully saturated rings. The summed E-state index contributed by atoms with van der Waals surface area (Å²) in [6.45, 7) is 6.02. The molecule has 1 aromatic rings. The molecule has 3 aliphatic rings. The summed E-state index contributed by atoms with van der Waals surface area (Å²) in [5.74, 6) is 2.58. The van der Waals surface area contributed by atoms with E-state index in [1.54, 1.807) is 7.11 Å². The highest BCUT2D eigenvalue weighted by Gasteiger charge is 2.40. The van der Waals surface area contributed by atoms with E-state index in [-0.39, 0.29) is 24.4 Å². The Labute approximate surface area is 160 Å². The molecule has 0 saturated carbocycles. The zero-order valence-corrected chi connectivity index (χ0v) is 16.7. The molecule has 1 saturated heterocycles. The van der Waals surface area contributed by atoms with E-state index in [9.17, 15) is 4.79 Å². The molecular weight excluding hydrogens is 346 g/mol. The third kappa shape index (κ3) is 3.41. The second-order valence-corrected chi connectivity index (χ2v) is 8.58. The van der Waals surface area contributed by atoms with Crippen molar-refractivity contribution in [3.8, 4) is 17.2 Å². The predicted octanol–water partition coefficient (Wildman–Crippen LogP) is 1.70. The normalized spacial score (nSPS) is 28.5. The predicted molar refractivity (Wildman–Crippen MR) is 99.7 cm³/mol. The first kappa shape index (κ1) is 18.6. The number of hydrogen-bond acceptors (Lipinski definition) is 5. The number of quaternary nitrogens is 1. The summed E-state index contributed by atoms with van der Waals surface area (Å²) in [5.41, 5.74) is 2.11. The fourth-order valence-corrected chi connectivity index (χ4v) is 4.77. The quantitative estimate of drug-likeness (QED) is 0.867. The van der Waals surface area contributed by atoms with Crippen molar-refractivity contribution in [3.63, 3.8) is 0 Å². The van der Waals surface area contributed by atoms with E-state index in [1.807, 2.05) is 0 Å². The molecule has 3 aliphatic heterocycles. The molecule has 6 nitrogen and oxygen atoms in total. The van der Waals surface area contributed by atoms with Crippen LogP contribution in [0.2, 0.25) is 0 Å². The van der Waals surface area contributed by atoms with Crippen LogP contribution in [0, 0.1) is 5.92 Å². The van der Waals surface area contributed by atoms with E-state index in [2.05, 4.69) is 27.0 Å². The number of benzene rings is 1. The molecule has 0 bridgehead atoms. The molecule has 6 heteroatoms. The minimum Gasteiger partial charge on any atom is -0.492 e. The molecule has 0 amide bonds. The van der Waals surface area contributed by atoms with Crippen LogP contribution in [-0.4, -0.2) is 45.5 Å². The summed E-state index contributed by atoms with van der Waals surface area (Å²) >= 11 is 0. The number of fused-ring (bicyclic) bond motifs is 2. The van der Waals surface area contributed by atoms with Crippen molar-refractivity contribution in [2.75, 3.05) is 34.1 Å². The Hall–Kier alpha value is -1.79. The van der Waals surface area contributed by atoms with Crippen LogP contribution in [0.1, 0.15) is 50.3 Å². The monoisotopic (exact) mass is 376 g/mol. The second-order valence-electron chi connectivity index (χ2n) is 8.58. The molecule has 0 spiro atoms. The maximum atomic E-state index is 13.2. The van der Waals surface area contributed by atoms with Gasteiger partial charge in [0.1, 0.15) is 11.8 Å². The first-order valence-corrected chi connectivity index (χ1v) is 9.88. The summed E-state index contributed by atoms with van der Waals surface area (Å²) in [5, 5.41) is 0. The Balaban J connectivity index is 1.63. The molecule has 1 aromatic carbocycles. The van der Waals surface area contributed by atoms with Gasteiger partial charge in [0, 0.05) is 18.9 Å². The van der Waals surface area contributed by atoms with Gasteiger partial charge in [-0.05, 0) is 38.3 Å². The van der Waals surface area contributed by atoms with Gasteiger partial charge >= 0.3 is 0 Å². The van der Waals surface area contributed by atoms with E-state index < -0.39 is 0 Å². The Morgan fingerprint density at radius 3 is 2.93 bits per heavy atom. The third-order valence-corrected chi connectivity index (χ3v) is 6.24. The topological polar surface area (TPSA) is 58.4 Å². The lowest BCUT2D eigenvalue weighted by Gasteiger charge is -2.37. The van der Waals surface area contributed by atoms with Crippen LogP contribution in [-0.2, 0) is 16.0 Å². The Bertz CT molecular complexity index is 745. The first-order chi connectivity index (χ1) is 12.9. The molecule has 27 heavy (non-hydrogen) atoms. The highest BCUT2D eigenvalue weighted by molar-refractivity contribution is 5.82. The van der Waals surface area contributed by atoms with Gasteiger partial charge in [-0.2, -0.15) is 0 Å². The van der Waals surface area contributed by atoms with Crippen molar-refractivity contribution in [2.45, 2.75) is 51.2 Å². The fraction of sp³-hybridized carbons (Fsp3) is 0.667. The van der Waals surface area contributed by atoms with Crippen molar-refractivity contribution < 1.29 is 28.6 Å². The molecule has 4 rings (SSSR count). The van der Waals surface area contributed by atoms with Crippen molar-refractivity contribution in [3.05, 3.63) is 17.2 Å². The Morgan fingerprint density at radius 2 is 2.19 bits per heavy atom. The minimum absolute atomic E-state index is 0.0759. The maximum Gasteiger partial charge on any atom is 0.231 e. The number of methoxy groups -OCH3 is 1. The van der Waals surface area contributed by atoms with Crippen LogP contribution in [0.3, 0.4) is 0 Å². The molecular formula is C21H30NO5+. The van der Waals surface area contributed by atoms with Crippen molar-refractivity contribution in [2.24, 2.45) is 5.92 Å². The molecule has 3 atom stereocenters. The van der Waals surface area contributed by atoms with E-state index in [0.29, 0.717) is 24.6 Å². The summed E-state index contributed by atoms with van der Waals surface area (Å²) in [7, 11) is 3.83. The Kier molecular flexibility index (Phi) is 4.80. The van der Waals surface area contributed by atoms with Crippen molar-refractivity contribution in [1.82, 2.24) is 0 Å². The number of carbonyl (C=O) groups is 1. The maximum absolute atomic E-state index is 13.2. The van der Waals surface area contributed by atoms with E-state index >= 15 is 0 Å². The number of Topliss-reactive ketones (excluding diaryl/α,β-unsaturated/α-hetero) is 1. The number of ketones is 1. The van der Waals surface area contributed by atoms with Crippen LogP contribution in [0.25, 0.3) is 0 Å². The molecule has 0 aliphatic carbocycles. The molecule has 0 aromatic heterocycles. The summed E-state index contributed by atoms with van der Waals surface area (Å²) in [6.07, 6.45) is 3.08.